The molecular formula is C14H29N3O2. The Labute approximate surface area is 116 Å². The van der Waals surface area contributed by atoms with Gasteiger partial charge in [0.25, 0.3) is 0 Å². The van der Waals surface area contributed by atoms with Gasteiger partial charge in [0.1, 0.15) is 0 Å². The van der Waals surface area contributed by atoms with Crippen molar-refractivity contribution in [3.63, 3.8) is 0 Å². The number of aliphatic hydroxyl groups excluding tert-OH is 1. The van der Waals surface area contributed by atoms with Crippen LogP contribution in [0, 0.1) is 0 Å². The molecular weight excluding hydrogens is 242 g/mol. The predicted octanol–water partition coefficient (Wildman–Crippen LogP) is 0.417. The van der Waals surface area contributed by atoms with E-state index in [2.05, 4.69) is 11.8 Å². The van der Waals surface area contributed by atoms with Crippen LogP contribution in [0.25, 0.3) is 0 Å². The highest BCUT2D eigenvalue weighted by molar-refractivity contribution is 5.81. The van der Waals surface area contributed by atoms with Crippen LogP contribution in [0.3, 0.4) is 0 Å². The second-order valence-corrected chi connectivity index (χ2v) is 5.59. The standard InChI is InChI=1S/C14H29N3O2/c1-4-6-13(15)14(19)17-8-7-16(9-11(3)18)12(5-2)10-17/h11-13,18H,4-10,15H2,1-3H3. The molecule has 1 aliphatic rings. The smallest absolute Gasteiger partial charge is 0.239 e. The number of nitrogens with two attached hydrogens (primary N) is 1. The van der Waals surface area contributed by atoms with Gasteiger partial charge in [-0.1, -0.05) is 20.3 Å². The molecule has 5 nitrogen and oxygen atoms in total. The molecule has 1 amide bonds. The third-order valence-corrected chi connectivity index (χ3v) is 3.80. The summed E-state index contributed by atoms with van der Waals surface area (Å²) in [4.78, 5) is 16.4. The lowest BCUT2D eigenvalue weighted by atomic mass is 10.1. The summed E-state index contributed by atoms with van der Waals surface area (Å²) in [5, 5.41) is 9.51. The fraction of sp³-hybridized carbons (Fsp3) is 0.929. The fourth-order valence-electron chi connectivity index (χ4n) is 2.73. The van der Waals surface area contributed by atoms with Crippen molar-refractivity contribution in [1.29, 1.82) is 0 Å². The summed E-state index contributed by atoms with van der Waals surface area (Å²) in [6, 6.07) is -0.0213. The molecule has 0 aromatic carbocycles. The monoisotopic (exact) mass is 271 g/mol. The summed E-state index contributed by atoms with van der Waals surface area (Å²) < 4.78 is 0. The Morgan fingerprint density at radius 1 is 1.42 bits per heavy atom. The van der Waals surface area contributed by atoms with Crippen LogP contribution in [0.15, 0.2) is 0 Å². The number of nitrogens with zero attached hydrogens (tertiary/aromatic N) is 2. The van der Waals surface area contributed by atoms with Gasteiger partial charge in [0, 0.05) is 32.2 Å². The van der Waals surface area contributed by atoms with Gasteiger partial charge in [0.15, 0.2) is 0 Å². The van der Waals surface area contributed by atoms with Gasteiger partial charge in [-0.25, -0.2) is 0 Å². The average Bonchev–Trinajstić information content (AvgIpc) is 2.38. The van der Waals surface area contributed by atoms with E-state index in [0.29, 0.717) is 12.6 Å². The number of amides is 1. The first-order valence-electron chi connectivity index (χ1n) is 7.46. The molecule has 0 aromatic rings. The van der Waals surface area contributed by atoms with Gasteiger partial charge in [-0.15, -0.1) is 0 Å². The zero-order valence-electron chi connectivity index (χ0n) is 12.5. The minimum absolute atomic E-state index is 0.0806. The lowest BCUT2D eigenvalue weighted by Gasteiger charge is -2.42. The van der Waals surface area contributed by atoms with Gasteiger partial charge in [0.2, 0.25) is 5.91 Å². The molecule has 0 spiro atoms. The summed E-state index contributed by atoms with van der Waals surface area (Å²) in [6.07, 6.45) is 2.36. The quantitative estimate of drug-likeness (QED) is 0.734. The van der Waals surface area contributed by atoms with Crippen molar-refractivity contribution in [3.8, 4) is 0 Å². The largest absolute Gasteiger partial charge is 0.392 e. The normalized spacial score (nSPS) is 24.3. The Balaban J connectivity index is 2.56. The Morgan fingerprint density at radius 2 is 2.11 bits per heavy atom. The topological polar surface area (TPSA) is 69.8 Å². The van der Waals surface area contributed by atoms with Crippen LogP contribution in [-0.4, -0.2) is 65.2 Å². The van der Waals surface area contributed by atoms with Crippen molar-refractivity contribution >= 4 is 5.91 Å². The predicted molar refractivity (Wildman–Crippen MR) is 76.8 cm³/mol. The Hall–Kier alpha value is -0.650. The summed E-state index contributed by atoms with van der Waals surface area (Å²) in [6.45, 7) is 8.94. The minimum atomic E-state index is -0.356. The van der Waals surface area contributed by atoms with Crippen LogP contribution in [0.2, 0.25) is 0 Å². The number of hydrogen-bond acceptors (Lipinski definition) is 4. The molecule has 1 rings (SSSR count). The van der Waals surface area contributed by atoms with Crippen LogP contribution < -0.4 is 5.73 Å². The van der Waals surface area contributed by atoms with E-state index in [9.17, 15) is 9.90 Å². The van der Waals surface area contributed by atoms with E-state index in [0.717, 1.165) is 38.9 Å². The van der Waals surface area contributed by atoms with Crippen LogP contribution in [-0.2, 0) is 4.79 Å². The van der Waals surface area contributed by atoms with Crippen LogP contribution in [0.1, 0.15) is 40.0 Å². The molecule has 3 unspecified atom stereocenters. The minimum Gasteiger partial charge on any atom is -0.392 e. The lowest BCUT2D eigenvalue weighted by molar-refractivity contribution is -0.136. The molecule has 3 N–H and O–H groups in total. The highest BCUT2D eigenvalue weighted by atomic mass is 16.3. The zero-order valence-corrected chi connectivity index (χ0v) is 12.5. The van der Waals surface area contributed by atoms with E-state index in [1.807, 2.05) is 11.8 Å². The van der Waals surface area contributed by atoms with Crippen LogP contribution in [0.4, 0.5) is 0 Å². The first-order valence-corrected chi connectivity index (χ1v) is 7.46. The number of carbonyl (C=O) groups is 1. The number of aliphatic hydroxyl groups is 1. The van der Waals surface area contributed by atoms with Gasteiger partial charge >= 0.3 is 0 Å². The van der Waals surface area contributed by atoms with Gasteiger partial charge in [-0.05, 0) is 19.8 Å². The van der Waals surface area contributed by atoms with Crippen molar-refractivity contribution in [1.82, 2.24) is 9.80 Å². The highest BCUT2D eigenvalue weighted by Gasteiger charge is 2.30. The highest BCUT2D eigenvalue weighted by Crippen LogP contribution is 2.14. The van der Waals surface area contributed by atoms with Gasteiger partial charge in [-0.2, -0.15) is 0 Å². The van der Waals surface area contributed by atoms with Crippen molar-refractivity contribution in [3.05, 3.63) is 0 Å². The Bertz CT molecular complexity index is 284. The lowest BCUT2D eigenvalue weighted by Crippen LogP contribution is -2.58. The fourth-order valence-corrected chi connectivity index (χ4v) is 2.73. The molecule has 0 aromatic heterocycles. The summed E-state index contributed by atoms with van der Waals surface area (Å²) in [5.41, 5.74) is 5.92. The maximum atomic E-state index is 12.2. The average molecular weight is 271 g/mol. The Kier molecular flexibility index (Phi) is 6.75. The first-order chi connectivity index (χ1) is 8.99. The summed E-state index contributed by atoms with van der Waals surface area (Å²) >= 11 is 0. The Morgan fingerprint density at radius 3 is 2.63 bits per heavy atom. The molecule has 1 saturated heterocycles. The van der Waals surface area contributed by atoms with E-state index < -0.39 is 0 Å². The van der Waals surface area contributed by atoms with E-state index in [1.54, 1.807) is 6.92 Å². The van der Waals surface area contributed by atoms with Crippen LogP contribution >= 0.6 is 0 Å². The maximum Gasteiger partial charge on any atom is 0.239 e. The molecule has 5 heteroatoms. The maximum absolute atomic E-state index is 12.2. The van der Waals surface area contributed by atoms with E-state index >= 15 is 0 Å². The number of piperazine rings is 1. The van der Waals surface area contributed by atoms with Crippen LogP contribution in [0.5, 0.6) is 0 Å². The number of β-amino-alcohol motifs (C(OH)–C–C–N with tert-alkyl or cyclic N) is 1. The first kappa shape index (κ1) is 16.4. The third kappa shape index (κ3) is 4.75. The third-order valence-electron chi connectivity index (χ3n) is 3.80. The number of carbonyl (C=O) groups excluding carboxylic acids is 1. The molecule has 0 aliphatic carbocycles. The molecule has 112 valence electrons. The van der Waals surface area contributed by atoms with Crippen molar-refractivity contribution in [2.24, 2.45) is 5.73 Å². The van der Waals surface area contributed by atoms with Gasteiger partial charge in [0.05, 0.1) is 12.1 Å². The van der Waals surface area contributed by atoms with Gasteiger partial charge in [-0.3, -0.25) is 9.69 Å². The van der Waals surface area contributed by atoms with Crippen molar-refractivity contribution in [2.45, 2.75) is 58.2 Å². The molecule has 0 radical (unpaired) electrons. The molecule has 1 fully saturated rings. The molecule has 19 heavy (non-hydrogen) atoms. The van der Waals surface area contributed by atoms with E-state index in [1.165, 1.54) is 0 Å². The number of rotatable bonds is 6. The van der Waals surface area contributed by atoms with E-state index in [4.69, 9.17) is 5.73 Å². The van der Waals surface area contributed by atoms with Crippen molar-refractivity contribution < 1.29 is 9.90 Å². The molecule has 0 saturated carbocycles. The molecule has 3 atom stereocenters. The second kappa shape index (κ2) is 7.82. The SMILES string of the molecule is CCCC(N)C(=O)N1CCN(CC(C)O)C(CC)C1. The summed E-state index contributed by atoms with van der Waals surface area (Å²) in [5.74, 6) is 0.0806. The van der Waals surface area contributed by atoms with Gasteiger partial charge < -0.3 is 15.7 Å². The molecule has 1 aliphatic heterocycles. The zero-order chi connectivity index (χ0) is 14.4. The summed E-state index contributed by atoms with van der Waals surface area (Å²) in [7, 11) is 0. The van der Waals surface area contributed by atoms with Crippen molar-refractivity contribution in [2.75, 3.05) is 26.2 Å². The number of hydrogen-bond donors (Lipinski definition) is 2. The second-order valence-electron chi connectivity index (χ2n) is 5.59. The van der Waals surface area contributed by atoms with E-state index in [-0.39, 0.29) is 18.1 Å². The molecule has 0 bridgehead atoms. The molecule has 1 heterocycles.